The van der Waals surface area contributed by atoms with E-state index in [0.29, 0.717) is 17.1 Å². The van der Waals surface area contributed by atoms with Crippen molar-refractivity contribution in [1.82, 2.24) is 5.16 Å². The molecule has 168 valence electrons. The smallest absolute Gasteiger partial charge is 0.412 e. The standard InChI is InChI=1S/C25H24N2O3.CO2/c1-17-24(26-25(28)29-18(2)22-6-4-3-5-7-22)23(30-27-17)15-14-19-8-10-20(11-9-19)16-21-12-13-21;2-1-3/h3-11,18,21H,12-13,16H2,1-2H3,(H,26,28);. The quantitative estimate of drug-likeness (QED) is 0.552. The summed E-state index contributed by atoms with van der Waals surface area (Å²) >= 11 is 0. The van der Waals surface area contributed by atoms with Crippen molar-refractivity contribution in [2.24, 2.45) is 5.92 Å². The molecular formula is C26H24N2O5. The molecule has 1 N–H and O–H groups in total. The van der Waals surface area contributed by atoms with E-state index in [-0.39, 0.29) is 12.3 Å². The van der Waals surface area contributed by atoms with Crippen molar-refractivity contribution < 1.29 is 23.6 Å². The van der Waals surface area contributed by atoms with Gasteiger partial charge in [0.15, 0.2) is 0 Å². The highest BCUT2D eigenvalue weighted by Crippen LogP contribution is 2.32. The summed E-state index contributed by atoms with van der Waals surface area (Å²) in [6, 6.07) is 17.8. The highest BCUT2D eigenvalue weighted by atomic mass is 16.6. The Kier molecular flexibility index (Phi) is 8.18. The van der Waals surface area contributed by atoms with Crippen LogP contribution in [-0.4, -0.2) is 17.4 Å². The maximum absolute atomic E-state index is 12.4. The molecule has 0 aliphatic heterocycles. The van der Waals surface area contributed by atoms with Crippen LogP contribution < -0.4 is 5.32 Å². The molecule has 7 nitrogen and oxygen atoms in total. The number of hydrogen-bond donors (Lipinski definition) is 1. The molecule has 1 heterocycles. The van der Waals surface area contributed by atoms with E-state index in [1.165, 1.54) is 18.4 Å². The number of rotatable bonds is 5. The minimum Gasteiger partial charge on any atom is -0.441 e. The molecule has 1 unspecified atom stereocenters. The molecule has 1 atom stereocenters. The first kappa shape index (κ1) is 23.5. The minimum atomic E-state index is -0.579. The normalized spacial score (nSPS) is 12.8. The van der Waals surface area contributed by atoms with Crippen LogP contribution in [0, 0.1) is 24.7 Å². The number of hydrogen-bond acceptors (Lipinski definition) is 6. The van der Waals surface area contributed by atoms with Gasteiger partial charge >= 0.3 is 12.2 Å². The molecule has 1 aromatic heterocycles. The van der Waals surface area contributed by atoms with Gasteiger partial charge in [-0.2, -0.15) is 9.59 Å². The Morgan fingerprint density at radius 3 is 2.42 bits per heavy atom. The first-order valence-electron chi connectivity index (χ1n) is 10.6. The largest absolute Gasteiger partial charge is 0.441 e. The maximum atomic E-state index is 12.4. The number of anilines is 1. The van der Waals surface area contributed by atoms with Gasteiger partial charge in [-0.1, -0.05) is 53.5 Å². The number of nitrogens with zero attached hydrogens (tertiary/aromatic N) is 1. The van der Waals surface area contributed by atoms with Crippen LogP contribution in [0.15, 0.2) is 59.1 Å². The van der Waals surface area contributed by atoms with Gasteiger partial charge in [-0.3, -0.25) is 5.32 Å². The van der Waals surface area contributed by atoms with Crippen LogP contribution in [-0.2, 0) is 20.7 Å². The number of nitrogens with one attached hydrogen (secondary N) is 1. The zero-order chi connectivity index (χ0) is 23.6. The van der Waals surface area contributed by atoms with E-state index in [4.69, 9.17) is 18.8 Å². The maximum Gasteiger partial charge on any atom is 0.412 e. The first-order valence-corrected chi connectivity index (χ1v) is 10.6. The van der Waals surface area contributed by atoms with E-state index in [9.17, 15) is 4.79 Å². The Bertz CT molecular complexity index is 1160. The van der Waals surface area contributed by atoms with Crippen molar-refractivity contribution in [2.45, 2.75) is 39.2 Å². The van der Waals surface area contributed by atoms with Gasteiger partial charge in [-0.15, -0.1) is 0 Å². The van der Waals surface area contributed by atoms with Gasteiger partial charge in [0.25, 0.3) is 0 Å². The summed E-state index contributed by atoms with van der Waals surface area (Å²) in [5.41, 5.74) is 4.12. The fourth-order valence-corrected chi connectivity index (χ4v) is 3.19. The van der Waals surface area contributed by atoms with Crippen molar-refractivity contribution in [3.8, 4) is 11.8 Å². The van der Waals surface area contributed by atoms with Gasteiger partial charge < -0.3 is 9.26 Å². The lowest BCUT2D eigenvalue weighted by atomic mass is 10.1. The van der Waals surface area contributed by atoms with E-state index in [1.807, 2.05) is 49.4 Å². The van der Waals surface area contributed by atoms with Gasteiger partial charge in [0.1, 0.15) is 17.5 Å². The lowest BCUT2D eigenvalue weighted by molar-refractivity contribution is -0.191. The molecule has 1 amide bonds. The average Bonchev–Trinajstić information content (AvgIpc) is 3.57. The van der Waals surface area contributed by atoms with E-state index < -0.39 is 6.09 Å². The molecule has 1 saturated carbocycles. The van der Waals surface area contributed by atoms with Crippen LogP contribution >= 0.6 is 0 Å². The fourth-order valence-electron chi connectivity index (χ4n) is 3.19. The molecule has 0 bridgehead atoms. The Hall–Kier alpha value is -4.14. The van der Waals surface area contributed by atoms with E-state index in [1.54, 1.807) is 6.92 Å². The van der Waals surface area contributed by atoms with Crippen LogP contribution in [0.1, 0.15) is 54.0 Å². The lowest BCUT2D eigenvalue weighted by Gasteiger charge is -2.13. The zero-order valence-corrected chi connectivity index (χ0v) is 18.5. The molecule has 7 heteroatoms. The third-order valence-corrected chi connectivity index (χ3v) is 5.14. The lowest BCUT2D eigenvalue weighted by Crippen LogP contribution is -2.16. The number of aromatic nitrogens is 1. The van der Waals surface area contributed by atoms with E-state index >= 15 is 0 Å². The van der Waals surface area contributed by atoms with Crippen molar-refractivity contribution in [1.29, 1.82) is 0 Å². The highest BCUT2D eigenvalue weighted by molar-refractivity contribution is 5.87. The third kappa shape index (κ3) is 7.20. The number of ether oxygens (including phenoxy) is 1. The number of amides is 1. The van der Waals surface area contributed by atoms with Crippen molar-refractivity contribution in [3.05, 3.63) is 82.7 Å². The molecule has 33 heavy (non-hydrogen) atoms. The van der Waals surface area contributed by atoms with Gasteiger partial charge in [0, 0.05) is 5.56 Å². The van der Waals surface area contributed by atoms with Crippen molar-refractivity contribution in [2.75, 3.05) is 5.32 Å². The molecule has 4 rings (SSSR count). The molecule has 1 fully saturated rings. The number of benzene rings is 2. The van der Waals surface area contributed by atoms with Crippen molar-refractivity contribution >= 4 is 17.9 Å². The van der Waals surface area contributed by atoms with Gasteiger partial charge in [-0.05, 0) is 68.2 Å². The third-order valence-electron chi connectivity index (χ3n) is 5.14. The number of carbonyl (C=O) groups excluding carboxylic acids is 3. The summed E-state index contributed by atoms with van der Waals surface area (Å²) in [5.74, 6) is 7.20. The van der Waals surface area contributed by atoms with Crippen LogP contribution in [0.3, 0.4) is 0 Å². The van der Waals surface area contributed by atoms with Crippen LogP contribution in [0.2, 0.25) is 0 Å². The number of carbonyl (C=O) groups is 1. The highest BCUT2D eigenvalue weighted by Gasteiger charge is 2.21. The Morgan fingerprint density at radius 1 is 1.12 bits per heavy atom. The first-order chi connectivity index (χ1) is 16.0. The molecule has 0 radical (unpaired) electrons. The van der Waals surface area contributed by atoms with Crippen molar-refractivity contribution in [3.63, 3.8) is 0 Å². The summed E-state index contributed by atoms with van der Waals surface area (Å²) in [7, 11) is 0. The van der Waals surface area contributed by atoms with E-state index in [2.05, 4.69) is 34.4 Å². The molecule has 0 saturated heterocycles. The van der Waals surface area contributed by atoms with Crippen LogP contribution in [0.5, 0.6) is 0 Å². The predicted molar refractivity (Wildman–Crippen MR) is 120 cm³/mol. The molecule has 0 spiro atoms. The second kappa shape index (κ2) is 11.5. The molecule has 1 aliphatic carbocycles. The van der Waals surface area contributed by atoms with E-state index in [0.717, 1.165) is 23.5 Å². The van der Waals surface area contributed by atoms with Gasteiger partial charge in [-0.25, -0.2) is 4.79 Å². The van der Waals surface area contributed by atoms with Crippen LogP contribution in [0.25, 0.3) is 0 Å². The zero-order valence-electron chi connectivity index (χ0n) is 18.5. The minimum absolute atomic E-state index is 0.250. The van der Waals surface area contributed by atoms with Crippen LogP contribution in [0.4, 0.5) is 10.5 Å². The average molecular weight is 444 g/mol. The molecule has 3 aromatic rings. The SMILES string of the molecule is Cc1noc(C#Cc2ccc(CC3CC3)cc2)c1NC(=O)OC(C)c1ccccc1.O=C=O. The van der Waals surface area contributed by atoms with Gasteiger partial charge in [0.2, 0.25) is 5.76 Å². The summed E-state index contributed by atoms with van der Waals surface area (Å²) in [6.07, 6.45) is 3.12. The monoisotopic (exact) mass is 444 g/mol. The summed E-state index contributed by atoms with van der Waals surface area (Å²) in [6.45, 7) is 3.57. The Labute approximate surface area is 192 Å². The Morgan fingerprint density at radius 2 is 1.79 bits per heavy atom. The summed E-state index contributed by atoms with van der Waals surface area (Å²) in [5, 5.41) is 6.64. The summed E-state index contributed by atoms with van der Waals surface area (Å²) < 4.78 is 10.8. The topological polar surface area (TPSA) is 98.5 Å². The Balaban J connectivity index is 0.000000968. The predicted octanol–water partition coefficient (Wildman–Crippen LogP) is 5.06. The molecular weight excluding hydrogens is 420 g/mol. The second-order valence-corrected chi connectivity index (χ2v) is 7.73. The number of aryl methyl sites for hydroxylation is 1. The molecule has 1 aliphatic rings. The van der Waals surface area contributed by atoms with Gasteiger partial charge in [0.05, 0.1) is 0 Å². The second-order valence-electron chi connectivity index (χ2n) is 7.73. The fraction of sp³-hybridized carbons (Fsp3) is 0.269. The summed E-state index contributed by atoms with van der Waals surface area (Å²) in [4.78, 5) is 28.6. The molecule has 2 aromatic carbocycles.